The third-order valence-electron chi connectivity index (χ3n) is 7.33. The van der Waals surface area contributed by atoms with E-state index >= 15 is 0 Å². The van der Waals surface area contributed by atoms with Crippen molar-refractivity contribution >= 4 is 36.2 Å². The second kappa shape index (κ2) is 21.9. The van der Waals surface area contributed by atoms with E-state index in [2.05, 4.69) is 6.58 Å². The van der Waals surface area contributed by atoms with E-state index in [0.29, 0.717) is 37.7 Å². The van der Waals surface area contributed by atoms with E-state index in [4.69, 9.17) is 37.9 Å². The SMILES string of the molecule is C=CC(=O)OCCCCOC(=O)Oc1ccc(C(=O)Oc2ccc(OC(=O)c3ccc(OC(=O)OCCCCOC(=O)C(C)CC)cc3)c(C)c2)cc1. The van der Waals surface area contributed by atoms with Crippen LogP contribution < -0.4 is 18.9 Å². The Hall–Kier alpha value is -6.18. The molecular weight excluding hydrogens is 692 g/mol. The first-order valence-electron chi connectivity index (χ1n) is 16.9. The van der Waals surface area contributed by atoms with Gasteiger partial charge in [0.25, 0.3) is 0 Å². The molecular formula is C39H42O14. The van der Waals surface area contributed by atoms with Crippen LogP contribution in [0.3, 0.4) is 0 Å². The fourth-order valence-corrected chi connectivity index (χ4v) is 4.13. The van der Waals surface area contributed by atoms with Crippen molar-refractivity contribution in [2.75, 3.05) is 26.4 Å². The molecule has 0 saturated carbocycles. The van der Waals surface area contributed by atoms with Gasteiger partial charge in [-0.05, 0) is 111 Å². The number of carbonyl (C=O) groups excluding carboxylic acids is 6. The van der Waals surface area contributed by atoms with Gasteiger partial charge in [-0.2, -0.15) is 0 Å². The third kappa shape index (κ3) is 14.9. The molecule has 1 unspecified atom stereocenters. The van der Waals surface area contributed by atoms with Crippen LogP contribution in [0.5, 0.6) is 23.0 Å². The number of benzene rings is 3. The lowest BCUT2D eigenvalue weighted by atomic mass is 10.1. The van der Waals surface area contributed by atoms with E-state index in [1.807, 2.05) is 6.92 Å². The van der Waals surface area contributed by atoms with Crippen LogP contribution in [0.1, 0.15) is 72.2 Å². The number of unbranched alkanes of at least 4 members (excludes halogenated alkanes) is 2. The molecule has 3 aromatic carbocycles. The maximum atomic E-state index is 12.8. The smallest absolute Gasteiger partial charge is 0.465 e. The van der Waals surface area contributed by atoms with E-state index in [1.54, 1.807) is 13.8 Å². The number of carbonyl (C=O) groups is 6. The molecule has 1 atom stereocenters. The van der Waals surface area contributed by atoms with Gasteiger partial charge in [0, 0.05) is 6.08 Å². The summed E-state index contributed by atoms with van der Waals surface area (Å²) in [7, 11) is 0. The van der Waals surface area contributed by atoms with Crippen LogP contribution >= 0.6 is 0 Å². The summed E-state index contributed by atoms with van der Waals surface area (Å²) in [5.41, 5.74) is 0.891. The molecule has 3 rings (SSSR count). The number of ether oxygens (including phenoxy) is 8. The van der Waals surface area contributed by atoms with Crippen LogP contribution in [0.25, 0.3) is 0 Å². The summed E-state index contributed by atoms with van der Waals surface area (Å²) >= 11 is 0. The lowest BCUT2D eigenvalue weighted by molar-refractivity contribution is -0.148. The van der Waals surface area contributed by atoms with Crippen molar-refractivity contribution in [2.45, 2.75) is 52.9 Å². The van der Waals surface area contributed by atoms with Gasteiger partial charge in [0.1, 0.15) is 23.0 Å². The first-order valence-corrected chi connectivity index (χ1v) is 16.9. The van der Waals surface area contributed by atoms with Crippen LogP contribution in [0.15, 0.2) is 79.4 Å². The Balaban J connectivity index is 1.39. The van der Waals surface area contributed by atoms with E-state index < -0.39 is 30.2 Å². The highest BCUT2D eigenvalue weighted by atomic mass is 16.7. The topological polar surface area (TPSA) is 176 Å². The number of hydrogen-bond acceptors (Lipinski definition) is 14. The summed E-state index contributed by atoms with van der Waals surface area (Å²) in [6, 6.07) is 15.8. The van der Waals surface area contributed by atoms with E-state index in [-0.39, 0.29) is 72.4 Å². The Bertz CT molecular complexity index is 1710. The molecule has 3 aromatic rings. The minimum Gasteiger partial charge on any atom is -0.465 e. The zero-order valence-electron chi connectivity index (χ0n) is 29.8. The van der Waals surface area contributed by atoms with Crippen LogP contribution in [0.4, 0.5) is 9.59 Å². The summed E-state index contributed by atoms with van der Waals surface area (Å²) in [4.78, 5) is 72.0. The van der Waals surface area contributed by atoms with Gasteiger partial charge in [0.05, 0.1) is 43.5 Å². The summed E-state index contributed by atoms with van der Waals surface area (Å²) in [6.07, 6.45) is 1.92. The Morgan fingerprint density at radius 1 is 0.604 bits per heavy atom. The minimum absolute atomic E-state index is 0.0679. The van der Waals surface area contributed by atoms with Crippen molar-refractivity contribution in [3.05, 3.63) is 96.1 Å². The first-order chi connectivity index (χ1) is 25.5. The normalized spacial score (nSPS) is 10.9. The summed E-state index contributed by atoms with van der Waals surface area (Å²) in [6.45, 7) is 9.26. The molecule has 0 aromatic heterocycles. The molecule has 0 N–H and O–H groups in total. The number of esters is 4. The van der Waals surface area contributed by atoms with Gasteiger partial charge in [-0.3, -0.25) is 4.79 Å². The predicted molar refractivity (Wildman–Crippen MR) is 188 cm³/mol. The Morgan fingerprint density at radius 3 is 1.53 bits per heavy atom. The average Bonchev–Trinajstić information content (AvgIpc) is 3.15. The van der Waals surface area contributed by atoms with Crippen LogP contribution in [0, 0.1) is 12.8 Å². The quantitative estimate of drug-likeness (QED) is 0.0298. The minimum atomic E-state index is -0.925. The molecule has 0 aliphatic heterocycles. The van der Waals surface area contributed by atoms with E-state index in [0.717, 1.165) is 6.08 Å². The molecule has 0 spiro atoms. The maximum Gasteiger partial charge on any atom is 0.513 e. The van der Waals surface area contributed by atoms with Crippen LogP contribution in [0.2, 0.25) is 0 Å². The fraction of sp³-hybridized carbons (Fsp3) is 0.333. The second-order valence-corrected chi connectivity index (χ2v) is 11.4. The van der Waals surface area contributed by atoms with E-state index in [1.165, 1.54) is 66.7 Å². The van der Waals surface area contributed by atoms with Gasteiger partial charge in [-0.15, -0.1) is 0 Å². The van der Waals surface area contributed by atoms with Gasteiger partial charge in [-0.25, -0.2) is 24.0 Å². The van der Waals surface area contributed by atoms with Crippen molar-refractivity contribution in [3.8, 4) is 23.0 Å². The number of rotatable bonds is 19. The van der Waals surface area contributed by atoms with Crippen molar-refractivity contribution in [2.24, 2.45) is 5.92 Å². The standard InChI is InChI=1S/C39H42O14/c1-5-26(3)35(41)47-22-8-10-24-49-39(45)52-31-17-13-29(14-18-31)37(43)53-33-20-19-32(25-27(33)4)50-36(42)28-11-15-30(16-12-28)51-38(44)48-23-9-7-21-46-34(40)6-2/h6,11-20,25-26H,2,5,7-10,21-24H2,1,3-4H3. The second-order valence-electron chi connectivity index (χ2n) is 11.4. The van der Waals surface area contributed by atoms with Gasteiger partial charge in [-0.1, -0.05) is 20.4 Å². The Labute approximate surface area is 306 Å². The van der Waals surface area contributed by atoms with Crippen molar-refractivity contribution in [1.29, 1.82) is 0 Å². The lowest BCUT2D eigenvalue weighted by Gasteiger charge is -2.11. The third-order valence-corrected chi connectivity index (χ3v) is 7.33. The zero-order valence-corrected chi connectivity index (χ0v) is 29.8. The molecule has 53 heavy (non-hydrogen) atoms. The fourth-order valence-electron chi connectivity index (χ4n) is 4.13. The van der Waals surface area contributed by atoms with Crippen LogP contribution in [-0.2, 0) is 28.5 Å². The molecule has 0 amide bonds. The molecule has 0 bridgehead atoms. The molecule has 14 heteroatoms. The predicted octanol–water partition coefficient (Wildman–Crippen LogP) is 7.34. The summed E-state index contributed by atoms with van der Waals surface area (Å²) in [5.74, 6) is -1.52. The molecule has 0 fully saturated rings. The van der Waals surface area contributed by atoms with Gasteiger partial charge >= 0.3 is 36.2 Å². The molecule has 0 radical (unpaired) electrons. The Morgan fingerprint density at radius 2 is 1.06 bits per heavy atom. The van der Waals surface area contributed by atoms with Gasteiger partial charge in [0.2, 0.25) is 0 Å². The highest BCUT2D eigenvalue weighted by Gasteiger charge is 2.16. The average molecular weight is 735 g/mol. The van der Waals surface area contributed by atoms with Crippen molar-refractivity contribution in [1.82, 2.24) is 0 Å². The van der Waals surface area contributed by atoms with Gasteiger partial charge < -0.3 is 37.9 Å². The molecule has 0 aliphatic rings. The Kier molecular flexibility index (Phi) is 17.0. The highest BCUT2D eigenvalue weighted by Crippen LogP contribution is 2.26. The van der Waals surface area contributed by atoms with Crippen molar-refractivity contribution < 1.29 is 66.7 Å². The van der Waals surface area contributed by atoms with E-state index in [9.17, 15) is 28.8 Å². The summed E-state index contributed by atoms with van der Waals surface area (Å²) in [5, 5.41) is 0. The number of aryl methyl sites for hydroxylation is 1. The monoisotopic (exact) mass is 734 g/mol. The molecule has 14 nitrogen and oxygen atoms in total. The first kappa shape index (κ1) is 41.2. The molecule has 0 heterocycles. The van der Waals surface area contributed by atoms with Crippen LogP contribution in [-0.4, -0.2) is 62.6 Å². The largest absolute Gasteiger partial charge is 0.513 e. The molecule has 0 saturated heterocycles. The highest BCUT2D eigenvalue weighted by molar-refractivity contribution is 5.92. The summed E-state index contributed by atoms with van der Waals surface area (Å²) < 4.78 is 41.2. The van der Waals surface area contributed by atoms with Crippen molar-refractivity contribution in [3.63, 3.8) is 0 Å². The number of hydrogen-bond donors (Lipinski definition) is 0. The molecule has 0 aliphatic carbocycles. The van der Waals surface area contributed by atoms with Gasteiger partial charge in [0.15, 0.2) is 0 Å². The maximum absolute atomic E-state index is 12.8. The zero-order chi connectivity index (χ0) is 38.6. The molecule has 282 valence electrons. The lowest BCUT2D eigenvalue weighted by Crippen LogP contribution is -2.15.